The van der Waals surface area contributed by atoms with E-state index in [4.69, 9.17) is 4.74 Å². The summed E-state index contributed by atoms with van der Waals surface area (Å²) >= 11 is 3.08. The van der Waals surface area contributed by atoms with Crippen molar-refractivity contribution in [2.24, 2.45) is 0 Å². The summed E-state index contributed by atoms with van der Waals surface area (Å²) in [5.41, 5.74) is 0.114. The summed E-state index contributed by atoms with van der Waals surface area (Å²) in [4.78, 5) is 26.1. The highest BCUT2D eigenvalue weighted by Crippen LogP contribution is 2.20. The lowest BCUT2D eigenvalue weighted by Gasteiger charge is -2.28. The molecular formula is C17H21BrFNO5S. The fourth-order valence-electron chi connectivity index (χ4n) is 2.80. The van der Waals surface area contributed by atoms with Crippen LogP contribution in [0, 0.1) is 5.82 Å². The number of ether oxygens (including phenoxy) is 1. The summed E-state index contributed by atoms with van der Waals surface area (Å²) in [5, 5.41) is 0. The Morgan fingerprint density at radius 1 is 1.38 bits per heavy atom. The van der Waals surface area contributed by atoms with Gasteiger partial charge in [0.15, 0.2) is 16.4 Å². The van der Waals surface area contributed by atoms with Gasteiger partial charge in [0.2, 0.25) is 0 Å². The second-order valence-electron chi connectivity index (χ2n) is 6.20. The number of nitrogens with zero attached hydrogens (tertiary/aromatic N) is 1. The molecule has 6 nitrogen and oxygen atoms in total. The third kappa shape index (κ3) is 5.51. The van der Waals surface area contributed by atoms with Crippen LogP contribution < -0.4 is 0 Å². The number of carbonyl (C=O) groups excluding carboxylic acids is 2. The van der Waals surface area contributed by atoms with Crippen LogP contribution in [0.1, 0.15) is 36.5 Å². The highest BCUT2D eigenvalue weighted by atomic mass is 79.9. The van der Waals surface area contributed by atoms with Crippen molar-refractivity contribution in [3.8, 4) is 0 Å². The number of carbonyl (C=O) groups is 2. The van der Waals surface area contributed by atoms with Gasteiger partial charge >= 0.3 is 5.97 Å². The van der Waals surface area contributed by atoms with E-state index in [1.807, 2.05) is 6.92 Å². The third-order valence-electron chi connectivity index (χ3n) is 4.20. The minimum Gasteiger partial charge on any atom is -0.452 e. The minimum atomic E-state index is -3.13. The Hall–Kier alpha value is -1.48. The second-order valence-corrected chi connectivity index (χ2v) is 9.28. The van der Waals surface area contributed by atoms with E-state index >= 15 is 0 Å². The number of halogens is 2. The molecule has 0 saturated carbocycles. The van der Waals surface area contributed by atoms with Crippen molar-refractivity contribution in [2.45, 2.75) is 32.2 Å². The van der Waals surface area contributed by atoms with Gasteiger partial charge in [0.1, 0.15) is 5.82 Å². The molecule has 144 valence electrons. The van der Waals surface area contributed by atoms with Crippen LogP contribution in [-0.4, -0.2) is 55.9 Å². The Balaban J connectivity index is 2.01. The van der Waals surface area contributed by atoms with Crippen molar-refractivity contribution >= 4 is 37.6 Å². The molecule has 1 aromatic carbocycles. The lowest BCUT2D eigenvalue weighted by atomic mass is 10.2. The van der Waals surface area contributed by atoms with Crippen LogP contribution in [0.2, 0.25) is 0 Å². The number of esters is 1. The van der Waals surface area contributed by atoms with Gasteiger partial charge in [-0.05, 0) is 47.0 Å². The summed E-state index contributed by atoms with van der Waals surface area (Å²) in [6, 6.07) is 3.15. The molecule has 0 N–H and O–H groups in total. The normalized spacial score (nSPS) is 18.5. The first-order valence-corrected chi connectivity index (χ1v) is 11.0. The van der Waals surface area contributed by atoms with Crippen molar-refractivity contribution in [2.75, 3.05) is 24.7 Å². The molecule has 2 rings (SSSR count). The quantitative estimate of drug-likeness (QED) is 0.597. The van der Waals surface area contributed by atoms with Crippen molar-refractivity contribution < 1.29 is 27.1 Å². The van der Waals surface area contributed by atoms with E-state index in [1.165, 1.54) is 11.0 Å². The molecular weight excluding hydrogens is 429 g/mol. The maximum absolute atomic E-state index is 13.1. The van der Waals surface area contributed by atoms with Gasteiger partial charge in [-0.25, -0.2) is 17.6 Å². The van der Waals surface area contributed by atoms with Gasteiger partial charge in [-0.1, -0.05) is 13.3 Å². The van der Waals surface area contributed by atoms with E-state index in [-0.39, 0.29) is 27.6 Å². The predicted octanol–water partition coefficient (Wildman–Crippen LogP) is 2.56. The van der Waals surface area contributed by atoms with E-state index in [0.717, 1.165) is 25.0 Å². The molecule has 1 heterocycles. The molecule has 1 amide bonds. The van der Waals surface area contributed by atoms with Gasteiger partial charge in [-0.3, -0.25) is 4.79 Å². The number of rotatable bonds is 7. The molecule has 9 heteroatoms. The first-order valence-electron chi connectivity index (χ1n) is 8.35. The Kier molecular flexibility index (Phi) is 7.16. The van der Waals surface area contributed by atoms with E-state index in [9.17, 15) is 22.4 Å². The topological polar surface area (TPSA) is 80.8 Å². The Morgan fingerprint density at radius 3 is 2.69 bits per heavy atom. The largest absolute Gasteiger partial charge is 0.452 e. The highest BCUT2D eigenvalue weighted by Gasteiger charge is 2.34. The van der Waals surface area contributed by atoms with Crippen LogP contribution in [0.4, 0.5) is 4.39 Å². The van der Waals surface area contributed by atoms with Crippen LogP contribution in [0.5, 0.6) is 0 Å². The zero-order valence-corrected chi connectivity index (χ0v) is 16.8. The Morgan fingerprint density at radius 2 is 2.12 bits per heavy atom. The lowest BCUT2D eigenvalue weighted by molar-refractivity contribution is -0.136. The van der Waals surface area contributed by atoms with Crippen LogP contribution in [0.25, 0.3) is 0 Å². The van der Waals surface area contributed by atoms with Crippen molar-refractivity contribution in [1.29, 1.82) is 0 Å². The summed E-state index contributed by atoms with van der Waals surface area (Å²) in [6.07, 6.45) is 1.99. The van der Waals surface area contributed by atoms with Crippen LogP contribution in [-0.2, 0) is 19.4 Å². The van der Waals surface area contributed by atoms with E-state index < -0.39 is 34.1 Å². The molecule has 0 radical (unpaired) electrons. The summed E-state index contributed by atoms with van der Waals surface area (Å²) < 4.78 is 41.8. The smallest absolute Gasteiger partial charge is 0.339 e. The van der Waals surface area contributed by atoms with Gasteiger partial charge in [0.25, 0.3) is 5.91 Å². The fraction of sp³-hybridized carbons (Fsp3) is 0.529. The standard InChI is InChI=1S/C17H21BrFNO5S/c1-2-3-7-20(13-6-8-26(23,24)11-13)16(21)10-25-17(22)14-5-4-12(19)9-15(14)18/h4-5,9,13H,2-3,6-8,10-11H2,1H3. The molecule has 0 aromatic heterocycles. The number of unbranched alkanes of at least 4 members (excludes halogenated alkanes) is 1. The van der Waals surface area contributed by atoms with E-state index in [0.29, 0.717) is 13.0 Å². The molecule has 0 spiro atoms. The van der Waals surface area contributed by atoms with Crippen molar-refractivity contribution in [3.63, 3.8) is 0 Å². The molecule has 26 heavy (non-hydrogen) atoms. The molecule has 1 saturated heterocycles. The first-order chi connectivity index (χ1) is 12.2. The SMILES string of the molecule is CCCCN(C(=O)COC(=O)c1ccc(F)cc1Br)C1CCS(=O)(=O)C1. The van der Waals surface area contributed by atoms with Crippen molar-refractivity contribution in [1.82, 2.24) is 4.90 Å². The average Bonchev–Trinajstić information content (AvgIpc) is 2.92. The zero-order chi connectivity index (χ0) is 19.3. The zero-order valence-electron chi connectivity index (χ0n) is 14.4. The predicted molar refractivity (Wildman–Crippen MR) is 98.1 cm³/mol. The lowest BCUT2D eigenvalue weighted by Crippen LogP contribution is -2.43. The number of amides is 1. The van der Waals surface area contributed by atoms with Crippen LogP contribution in [0.15, 0.2) is 22.7 Å². The Labute approximate surface area is 160 Å². The van der Waals surface area contributed by atoms with E-state index in [1.54, 1.807) is 0 Å². The summed E-state index contributed by atoms with van der Waals surface area (Å²) in [6.45, 7) is 1.91. The van der Waals surface area contributed by atoms with E-state index in [2.05, 4.69) is 15.9 Å². The maximum Gasteiger partial charge on any atom is 0.339 e. The Bertz CT molecular complexity index is 783. The molecule has 1 fully saturated rings. The molecule has 1 unspecified atom stereocenters. The molecule has 1 aromatic rings. The number of hydrogen-bond donors (Lipinski definition) is 0. The number of hydrogen-bond acceptors (Lipinski definition) is 5. The summed E-state index contributed by atoms with van der Waals surface area (Å²) in [5.74, 6) is -1.67. The van der Waals surface area contributed by atoms with Gasteiger partial charge in [0, 0.05) is 17.1 Å². The third-order valence-corrected chi connectivity index (χ3v) is 6.61. The van der Waals surface area contributed by atoms with Crippen molar-refractivity contribution in [3.05, 3.63) is 34.1 Å². The second kappa shape index (κ2) is 8.94. The highest BCUT2D eigenvalue weighted by molar-refractivity contribution is 9.10. The van der Waals surface area contributed by atoms with Crippen LogP contribution in [0.3, 0.4) is 0 Å². The van der Waals surface area contributed by atoms with Gasteiger partial charge in [-0.2, -0.15) is 0 Å². The number of benzene rings is 1. The van der Waals surface area contributed by atoms with Gasteiger partial charge in [-0.15, -0.1) is 0 Å². The number of sulfone groups is 1. The van der Waals surface area contributed by atoms with Gasteiger partial charge in [0.05, 0.1) is 17.1 Å². The average molecular weight is 450 g/mol. The summed E-state index contributed by atoms with van der Waals surface area (Å²) in [7, 11) is -3.13. The molecule has 0 bridgehead atoms. The first kappa shape index (κ1) is 20.8. The molecule has 1 atom stereocenters. The maximum atomic E-state index is 13.1. The molecule has 1 aliphatic rings. The molecule has 1 aliphatic heterocycles. The van der Waals surface area contributed by atoms with Crippen LogP contribution >= 0.6 is 15.9 Å². The van der Waals surface area contributed by atoms with Gasteiger partial charge < -0.3 is 9.64 Å². The minimum absolute atomic E-state index is 0.0556. The monoisotopic (exact) mass is 449 g/mol. The molecule has 0 aliphatic carbocycles. The fourth-order valence-corrected chi connectivity index (χ4v) is 5.05.